The average Bonchev–Trinajstić information content (AvgIpc) is 3.04. The SMILES string of the molecule is COc1ccccc1N(CN1CCCC1=O)C(=O)c1ccccc1. The normalized spacial score (nSPS) is 13.9. The van der Waals surface area contributed by atoms with E-state index in [2.05, 4.69) is 0 Å². The highest BCUT2D eigenvalue weighted by atomic mass is 16.5. The number of hydrogen-bond donors (Lipinski definition) is 0. The molecular weight excluding hydrogens is 304 g/mol. The van der Waals surface area contributed by atoms with Crippen molar-refractivity contribution in [2.75, 3.05) is 25.2 Å². The van der Waals surface area contributed by atoms with Crippen molar-refractivity contribution >= 4 is 17.5 Å². The standard InChI is InChI=1S/C19H20N2O3/c1-24-17-11-6-5-10-16(17)21(14-20-13-7-12-18(20)22)19(23)15-8-3-2-4-9-15/h2-6,8-11H,7,12-14H2,1H3. The summed E-state index contributed by atoms with van der Waals surface area (Å²) in [5, 5.41) is 0. The first-order valence-corrected chi connectivity index (χ1v) is 7.98. The summed E-state index contributed by atoms with van der Waals surface area (Å²) in [5.74, 6) is 0.531. The Balaban J connectivity index is 1.97. The van der Waals surface area contributed by atoms with E-state index in [4.69, 9.17) is 4.74 Å². The van der Waals surface area contributed by atoms with E-state index in [1.165, 1.54) is 0 Å². The number of carbonyl (C=O) groups is 2. The molecule has 2 aromatic rings. The second-order valence-corrected chi connectivity index (χ2v) is 5.67. The minimum Gasteiger partial charge on any atom is -0.495 e. The average molecular weight is 324 g/mol. The van der Waals surface area contributed by atoms with Gasteiger partial charge in [-0.05, 0) is 30.7 Å². The van der Waals surface area contributed by atoms with Gasteiger partial charge in [-0.1, -0.05) is 30.3 Å². The molecule has 0 unspecified atom stereocenters. The summed E-state index contributed by atoms with van der Waals surface area (Å²) in [7, 11) is 1.57. The van der Waals surface area contributed by atoms with Crippen LogP contribution in [0.4, 0.5) is 5.69 Å². The Bertz CT molecular complexity index is 730. The minimum absolute atomic E-state index is 0.0794. The lowest BCUT2D eigenvalue weighted by Gasteiger charge is -2.29. The number of benzene rings is 2. The molecule has 0 aromatic heterocycles. The molecule has 5 heteroatoms. The molecule has 0 saturated carbocycles. The van der Waals surface area contributed by atoms with Gasteiger partial charge in [0.05, 0.1) is 12.8 Å². The summed E-state index contributed by atoms with van der Waals surface area (Å²) >= 11 is 0. The lowest BCUT2D eigenvalue weighted by atomic mass is 10.2. The molecule has 0 radical (unpaired) electrons. The first-order valence-electron chi connectivity index (χ1n) is 7.98. The Morgan fingerprint density at radius 1 is 1.12 bits per heavy atom. The maximum Gasteiger partial charge on any atom is 0.259 e. The highest BCUT2D eigenvalue weighted by molar-refractivity contribution is 6.07. The van der Waals surface area contributed by atoms with Crippen molar-refractivity contribution < 1.29 is 14.3 Å². The molecule has 0 atom stereocenters. The number of anilines is 1. The molecule has 124 valence electrons. The monoisotopic (exact) mass is 324 g/mol. The van der Waals surface area contributed by atoms with Gasteiger partial charge in [-0.15, -0.1) is 0 Å². The van der Waals surface area contributed by atoms with E-state index in [9.17, 15) is 9.59 Å². The van der Waals surface area contributed by atoms with E-state index in [1.807, 2.05) is 42.5 Å². The van der Waals surface area contributed by atoms with E-state index in [0.717, 1.165) is 6.42 Å². The van der Waals surface area contributed by atoms with Gasteiger partial charge in [0.15, 0.2) is 0 Å². The first-order chi connectivity index (χ1) is 11.7. The van der Waals surface area contributed by atoms with Crippen LogP contribution in [0.3, 0.4) is 0 Å². The van der Waals surface area contributed by atoms with Crippen LogP contribution in [0.15, 0.2) is 54.6 Å². The number of amides is 2. The zero-order valence-electron chi connectivity index (χ0n) is 13.6. The van der Waals surface area contributed by atoms with Crippen molar-refractivity contribution in [1.29, 1.82) is 0 Å². The quantitative estimate of drug-likeness (QED) is 0.850. The molecule has 3 rings (SSSR count). The van der Waals surface area contributed by atoms with Gasteiger partial charge in [0.2, 0.25) is 5.91 Å². The number of para-hydroxylation sites is 2. The smallest absolute Gasteiger partial charge is 0.259 e. The molecule has 2 amide bonds. The van der Waals surface area contributed by atoms with E-state index in [1.54, 1.807) is 29.0 Å². The topological polar surface area (TPSA) is 49.9 Å². The Morgan fingerprint density at radius 2 is 1.83 bits per heavy atom. The fraction of sp³-hybridized carbons (Fsp3) is 0.263. The lowest BCUT2D eigenvalue weighted by molar-refractivity contribution is -0.127. The zero-order valence-corrected chi connectivity index (χ0v) is 13.6. The van der Waals surface area contributed by atoms with Gasteiger partial charge in [-0.25, -0.2) is 0 Å². The third kappa shape index (κ3) is 3.25. The van der Waals surface area contributed by atoms with Crippen LogP contribution in [0.5, 0.6) is 5.75 Å². The molecule has 1 heterocycles. The number of ether oxygens (including phenoxy) is 1. The predicted octanol–water partition coefficient (Wildman–Crippen LogP) is 2.92. The Hall–Kier alpha value is -2.82. The highest BCUT2D eigenvalue weighted by Gasteiger charge is 2.27. The maximum atomic E-state index is 13.0. The number of carbonyl (C=O) groups excluding carboxylic acids is 2. The van der Waals surface area contributed by atoms with Crippen molar-refractivity contribution in [3.63, 3.8) is 0 Å². The van der Waals surface area contributed by atoms with E-state index >= 15 is 0 Å². The molecule has 1 saturated heterocycles. The minimum atomic E-state index is -0.153. The second-order valence-electron chi connectivity index (χ2n) is 5.67. The first kappa shape index (κ1) is 16.1. The second kappa shape index (κ2) is 7.17. The third-order valence-electron chi connectivity index (χ3n) is 4.13. The summed E-state index contributed by atoms with van der Waals surface area (Å²) in [4.78, 5) is 28.4. The molecule has 2 aromatic carbocycles. The van der Waals surface area contributed by atoms with Crippen LogP contribution in [0.25, 0.3) is 0 Å². The number of likely N-dealkylation sites (tertiary alicyclic amines) is 1. The summed E-state index contributed by atoms with van der Waals surface area (Å²) in [6.45, 7) is 0.902. The summed E-state index contributed by atoms with van der Waals surface area (Å²) in [6, 6.07) is 16.4. The number of nitrogens with zero attached hydrogens (tertiary/aromatic N) is 2. The molecule has 1 aliphatic rings. The van der Waals surface area contributed by atoms with Crippen LogP contribution in [-0.4, -0.2) is 37.0 Å². The van der Waals surface area contributed by atoms with E-state index in [0.29, 0.717) is 30.0 Å². The fourth-order valence-corrected chi connectivity index (χ4v) is 2.86. The lowest BCUT2D eigenvalue weighted by Crippen LogP contribution is -2.42. The van der Waals surface area contributed by atoms with Crippen LogP contribution in [0.2, 0.25) is 0 Å². The molecule has 5 nitrogen and oxygen atoms in total. The number of hydrogen-bond acceptors (Lipinski definition) is 3. The zero-order chi connectivity index (χ0) is 16.9. The van der Waals surface area contributed by atoms with Gasteiger partial charge in [-0.2, -0.15) is 0 Å². The van der Waals surface area contributed by atoms with Gasteiger partial charge in [-0.3, -0.25) is 14.5 Å². The maximum absolute atomic E-state index is 13.0. The van der Waals surface area contributed by atoms with Crippen molar-refractivity contribution in [3.8, 4) is 5.75 Å². The predicted molar refractivity (Wildman–Crippen MR) is 92.1 cm³/mol. The summed E-state index contributed by atoms with van der Waals surface area (Å²) in [5.41, 5.74) is 1.24. The Labute approximate surface area is 141 Å². The van der Waals surface area contributed by atoms with E-state index in [-0.39, 0.29) is 18.5 Å². The van der Waals surface area contributed by atoms with Crippen LogP contribution in [0, 0.1) is 0 Å². The number of rotatable bonds is 5. The molecule has 24 heavy (non-hydrogen) atoms. The van der Waals surface area contributed by atoms with Gasteiger partial charge in [0.25, 0.3) is 5.91 Å². The van der Waals surface area contributed by atoms with Crippen molar-refractivity contribution in [2.24, 2.45) is 0 Å². The van der Waals surface area contributed by atoms with Crippen LogP contribution >= 0.6 is 0 Å². The summed E-state index contributed by atoms with van der Waals surface area (Å²) in [6.07, 6.45) is 1.37. The van der Waals surface area contributed by atoms with Crippen molar-refractivity contribution in [3.05, 3.63) is 60.2 Å². The Kier molecular flexibility index (Phi) is 4.79. The van der Waals surface area contributed by atoms with Gasteiger partial charge in [0, 0.05) is 18.5 Å². The van der Waals surface area contributed by atoms with Crippen LogP contribution in [-0.2, 0) is 4.79 Å². The fourth-order valence-electron chi connectivity index (χ4n) is 2.86. The molecular formula is C19H20N2O3. The van der Waals surface area contributed by atoms with Crippen LogP contribution in [0.1, 0.15) is 23.2 Å². The molecule has 0 bridgehead atoms. The molecule has 1 aliphatic heterocycles. The molecule has 0 spiro atoms. The largest absolute Gasteiger partial charge is 0.495 e. The molecule has 1 fully saturated rings. The summed E-state index contributed by atoms with van der Waals surface area (Å²) < 4.78 is 5.41. The van der Waals surface area contributed by atoms with Crippen LogP contribution < -0.4 is 9.64 Å². The third-order valence-corrected chi connectivity index (χ3v) is 4.13. The van der Waals surface area contributed by atoms with Crippen molar-refractivity contribution in [2.45, 2.75) is 12.8 Å². The number of methoxy groups -OCH3 is 1. The highest BCUT2D eigenvalue weighted by Crippen LogP contribution is 2.29. The van der Waals surface area contributed by atoms with Gasteiger partial charge >= 0.3 is 0 Å². The van der Waals surface area contributed by atoms with E-state index < -0.39 is 0 Å². The van der Waals surface area contributed by atoms with Crippen molar-refractivity contribution in [1.82, 2.24) is 4.90 Å². The molecule has 0 aliphatic carbocycles. The Morgan fingerprint density at radius 3 is 2.50 bits per heavy atom. The van der Waals surface area contributed by atoms with Gasteiger partial charge < -0.3 is 9.64 Å². The van der Waals surface area contributed by atoms with Gasteiger partial charge in [0.1, 0.15) is 12.4 Å². The molecule has 0 N–H and O–H groups in total.